The average Bonchev–Trinajstić information content (AvgIpc) is 3.01. The molecule has 0 fully saturated rings. The summed E-state index contributed by atoms with van der Waals surface area (Å²) < 4.78 is 2.12. The Labute approximate surface area is 182 Å². The fourth-order valence-electron chi connectivity index (χ4n) is 3.01. The fraction of sp³-hybridized carbons (Fsp3) is 0.0455. The molecule has 0 aliphatic carbocycles. The zero-order valence-corrected chi connectivity index (χ0v) is 17.6. The monoisotopic (exact) mass is 446 g/mol. The number of fused-ring (bicyclic) bond motifs is 1. The smallest absolute Gasteiger partial charge is 0.134 e. The van der Waals surface area contributed by atoms with Crippen molar-refractivity contribution in [2.75, 3.05) is 0 Å². The number of halogens is 4. The van der Waals surface area contributed by atoms with Crippen LogP contribution in [0, 0.1) is 0 Å². The second-order valence-corrected chi connectivity index (χ2v) is 7.97. The minimum atomic E-state index is 0.574. The highest BCUT2D eigenvalue weighted by Gasteiger charge is 2.11. The first kappa shape index (κ1) is 19.4. The Balaban J connectivity index is 1.77. The number of hydrogen-bond acceptors (Lipinski definition) is 1. The summed E-state index contributed by atoms with van der Waals surface area (Å²) in [6, 6.07) is 18.9. The minimum absolute atomic E-state index is 0.574. The van der Waals surface area contributed by atoms with Crippen molar-refractivity contribution in [2.24, 2.45) is 0 Å². The van der Waals surface area contributed by atoms with Crippen molar-refractivity contribution in [1.82, 2.24) is 9.55 Å². The molecular weight excluding hydrogens is 434 g/mol. The highest BCUT2D eigenvalue weighted by molar-refractivity contribution is 6.36. The predicted octanol–water partition coefficient (Wildman–Crippen LogP) is 7.87. The molecule has 4 aromatic rings. The number of benzene rings is 3. The van der Waals surface area contributed by atoms with Gasteiger partial charge in [0.1, 0.15) is 5.82 Å². The lowest BCUT2D eigenvalue weighted by atomic mass is 10.2. The number of imidazole rings is 1. The summed E-state index contributed by atoms with van der Waals surface area (Å²) in [6.45, 7) is 0.574. The molecule has 0 saturated carbocycles. The van der Waals surface area contributed by atoms with E-state index in [1.54, 1.807) is 12.1 Å². The second kappa shape index (κ2) is 8.18. The van der Waals surface area contributed by atoms with E-state index in [0.717, 1.165) is 28.0 Å². The van der Waals surface area contributed by atoms with Crippen molar-refractivity contribution in [3.05, 3.63) is 97.7 Å². The van der Waals surface area contributed by atoms with Gasteiger partial charge in [-0.2, -0.15) is 0 Å². The van der Waals surface area contributed by atoms with Crippen LogP contribution >= 0.6 is 46.4 Å². The Morgan fingerprint density at radius 3 is 2.25 bits per heavy atom. The quantitative estimate of drug-likeness (QED) is 0.311. The highest BCUT2D eigenvalue weighted by atomic mass is 35.5. The highest BCUT2D eigenvalue weighted by Crippen LogP contribution is 2.26. The van der Waals surface area contributed by atoms with Crippen LogP contribution in [-0.4, -0.2) is 9.55 Å². The third-order valence-corrected chi connectivity index (χ3v) is 5.55. The van der Waals surface area contributed by atoms with Crippen LogP contribution in [-0.2, 0) is 6.54 Å². The van der Waals surface area contributed by atoms with E-state index in [9.17, 15) is 0 Å². The van der Waals surface area contributed by atoms with E-state index < -0.39 is 0 Å². The molecule has 28 heavy (non-hydrogen) atoms. The summed E-state index contributed by atoms with van der Waals surface area (Å²) in [6.07, 6.45) is 3.87. The van der Waals surface area contributed by atoms with E-state index in [2.05, 4.69) is 4.57 Å². The van der Waals surface area contributed by atoms with Crippen LogP contribution in [0.25, 0.3) is 23.2 Å². The van der Waals surface area contributed by atoms with Crippen molar-refractivity contribution >= 4 is 69.6 Å². The Hall–Kier alpha value is -1.97. The van der Waals surface area contributed by atoms with Crippen LogP contribution < -0.4 is 0 Å². The Bertz CT molecular complexity index is 1190. The Morgan fingerprint density at radius 2 is 1.50 bits per heavy atom. The predicted molar refractivity (Wildman–Crippen MR) is 121 cm³/mol. The average molecular weight is 448 g/mol. The molecule has 0 atom stereocenters. The molecule has 0 unspecified atom stereocenters. The van der Waals surface area contributed by atoms with Gasteiger partial charge in [0.05, 0.1) is 17.6 Å². The molecule has 0 amide bonds. The van der Waals surface area contributed by atoms with E-state index in [4.69, 9.17) is 51.4 Å². The van der Waals surface area contributed by atoms with Gasteiger partial charge in [-0.05, 0) is 59.7 Å². The molecule has 140 valence electrons. The summed E-state index contributed by atoms with van der Waals surface area (Å²) in [4.78, 5) is 4.76. The maximum absolute atomic E-state index is 6.39. The van der Waals surface area contributed by atoms with Gasteiger partial charge in [-0.1, -0.05) is 70.7 Å². The van der Waals surface area contributed by atoms with Gasteiger partial charge in [0.15, 0.2) is 0 Å². The summed E-state index contributed by atoms with van der Waals surface area (Å²) in [5.41, 5.74) is 3.77. The number of aromatic nitrogens is 2. The summed E-state index contributed by atoms with van der Waals surface area (Å²) >= 11 is 24.7. The van der Waals surface area contributed by atoms with E-state index in [-0.39, 0.29) is 0 Å². The van der Waals surface area contributed by atoms with Gasteiger partial charge in [0.25, 0.3) is 0 Å². The number of hydrogen-bond donors (Lipinski definition) is 0. The summed E-state index contributed by atoms with van der Waals surface area (Å²) in [5, 5.41) is 2.43. The van der Waals surface area contributed by atoms with Crippen LogP contribution in [0.4, 0.5) is 0 Å². The third-order valence-electron chi connectivity index (χ3n) is 4.40. The lowest BCUT2D eigenvalue weighted by molar-refractivity contribution is 0.814. The number of para-hydroxylation sites is 2. The Kier molecular flexibility index (Phi) is 5.65. The summed E-state index contributed by atoms with van der Waals surface area (Å²) in [5.74, 6) is 0.804. The van der Waals surface area contributed by atoms with Gasteiger partial charge in [-0.15, -0.1) is 0 Å². The molecule has 3 aromatic carbocycles. The topological polar surface area (TPSA) is 17.8 Å². The van der Waals surface area contributed by atoms with E-state index in [1.807, 2.05) is 60.7 Å². The molecule has 0 bridgehead atoms. The van der Waals surface area contributed by atoms with Crippen LogP contribution in [0.15, 0.2) is 60.7 Å². The minimum Gasteiger partial charge on any atom is -0.320 e. The molecule has 0 radical (unpaired) electrons. The van der Waals surface area contributed by atoms with Gasteiger partial charge >= 0.3 is 0 Å². The van der Waals surface area contributed by atoms with Crippen LogP contribution in [0.2, 0.25) is 20.1 Å². The molecule has 2 nitrogen and oxygen atoms in total. The van der Waals surface area contributed by atoms with Crippen molar-refractivity contribution < 1.29 is 0 Å². The molecule has 1 aromatic heterocycles. The first-order valence-electron chi connectivity index (χ1n) is 8.53. The molecule has 1 heterocycles. The first-order chi connectivity index (χ1) is 13.5. The maximum Gasteiger partial charge on any atom is 0.134 e. The molecule has 0 spiro atoms. The first-order valence-corrected chi connectivity index (χ1v) is 10.0. The van der Waals surface area contributed by atoms with Gasteiger partial charge in [0.2, 0.25) is 0 Å². The normalized spacial score (nSPS) is 11.6. The molecule has 0 aliphatic rings. The van der Waals surface area contributed by atoms with Crippen molar-refractivity contribution in [2.45, 2.75) is 6.54 Å². The van der Waals surface area contributed by atoms with Crippen molar-refractivity contribution in [3.8, 4) is 0 Å². The van der Waals surface area contributed by atoms with Gasteiger partial charge in [-0.25, -0.2) is 4.98 Å². The molecule has 0 aliphatic heterocycles. The molecule has 0 N–H and O–H groups in total. The lowest BCUT2D eigenvalue weighted by Crippen LogP contribution is -2.02. The molecule has 0 saturated heterocycles. The molecule has 6 heteroatoms. The SMILES string of the molecule is Clc1ccc(C=Cc2nc3ccccc3n2Cc2ccc(Cl)cc2Cl)c(Cl)c1. The zero-order chi connectivity index (χ0) is 19.7. The second-order valence-electron chi connectivity index (χ2n) is 6.28. The summed E-state index contributed by atoms with van der Waals surface area (Å²) in [7, 11) is 0. The van der Waals surface area contributed by atoms with Crippen molar-refractivity contribution in [1.29, 1.82) is 0 Å². The van der Waals surface area contributed by atoms with E-state index in [1.165, 1.54) is 0 Å². The van der Waals surface area contributed by atoms with E-state index in [0.29, 0.717) is 26.6 Å². The van der Waals surface area contributed by atoms with Crippen LogP contribution in [0.1, 0.15) is 17.0 Å². The zero-order valence-electron chi connectivity index (χ0n) is 14.5. The fourth-order valence-corrected chi connectivity index (χ4v) is 3.95. The van der Waals surface area contributed by atoms with Gasteiger partial charge < -0.3 is 4.57 Å². The Morgan fingerprint density at radius 1 is 0.786 bits per heavy atom. The van der Waals surface area contributed by atoms with Gasteiger partial charge in [0, 0.05) is 20.1 Å². The van der Waals surface area contributed by atoms with Crippen LogP contribution in [0.3, 0.4) is 0 Å². The molecule has 4 rings (SSSR count). The largest absolute Gasteiger partial charge is 0.320 e. The lowest BCUT2D eigenvalue weighted by Gasteiger charge is -2.09. The third kappa shape index (κ3) is 4.06. The standard InChI is InChI=1S/C22H14Cl4N2/c23-16-8-5-14(18(25)11-16)7-10-22-27-20-3-1-2-4-21(20)28(22)13-15-6-9-17(24)12-19(15)26/h1-12H,13H2. The maximum atomic E-state index is 6.39. The van der Waals surface area contributed by atoms with Gasteiger partial charge in [-0.3, -0.25) is 0 Å². The molecular formula is C22H14Cl4N2. The number of nitrogens with zero attached hydrogens (tertiary/aromatic N) is 2. The van der Waals surface area contributed by atoms with E-state index >= 15 is 0 Å². The van der Waals surface area contributed by atoms with Crippen LogP contribution in [0.5, 0.6) is 0 Å². The number of rotatable bonds is 4. The van der Waals surface area contributed by atoms with Crippen molar-refractivity contribution in [3.63, 3.8) is 0 Å².